The number of rotatable bonds is 7. The third kappa shape index (κ3) is 4.30. The highest BCUT2D eigenvalue weighted by atomic mass is 16.5. The van der Waals surface area contributed by atoms with Gasteiger partial charge in [-0.05, 0) is 32.6 Å². The summed E-state index contributed by atoms with van der Waals surface area (Å²) in [7, 11) is 0. The van der Waals surface area contributed by atoms with E-state index in [1.54, 1.807) is 6.33 Å². The molecule has 5 nitrogen and oxygen atoms in total. The fourth-order valence-corrected chi connectivity index (χ4v) is 2.72. The number of nitrogens with zero attached hydrogens (tertiary/aromatic N) is 2. The lowest BCUT2D eigenvalue weighted by Crippen LogP contribution is -2.43. The van der Waals surface area contributed by atoms with Crippen LogP contribution in [0.15, 0.2) is 6.33 Å². The summed E-state index contributed by atoms with van der Waals surface area (Å²) in [4.78, 5) is 8.91. The third-order valence-corrected chi connectivity index (χ3v) is 3.85. The summed E-state index contributed by atoms with van der Waals surface area (Å²) >= 11 is 0. The average molecular weight is 292 g/mol. The van der Waals surface area contributed by atoms with Crippen LogP contribution < -0.4 is 10.6 Å². The molecule has 0 amide bonds. The van der Waals surface area contributed by atoms with E-state index < -0.39 is 0 Å². The van der Waals surface area contributed by atoms with E-state index in [4.69, 9.17) is 4.74 Å². The van der Waals surface area contributed by atoms with Gasteiger partial charge in [-0.1, -0.05) is 20.3 Å². The lowest BCUT2D eigenvalue weighted by atomic mass is 9.94. The summed E-state index contributed by atoms with van der Waals surface area (Å²) in [5, 5.41) is 7.03. The normalized spacial score (nSPS) is 22.0. The first-order valence-electron chi connectivity index (χ1n) is 8.12. The van der Waals surface area contributed by atoms with E-state index >= 15 is 0 Å². The van der Waals surface area contributed by atoms with E-state index in [1.807, 2.05) is 0 Å². The highest BCUT2D eigenvalue weighted by Gasteiger charge is 2.29. The molecule has 0 saturated carbocycles. The van der Waals surface area contributed by atoms with Crippen LogP contribution in [0.5, 0.6) is 0 Å². The van der Waals surface area contributed by atoms with Crippen molar-refractivity contribution in [3.63, 3.8) is 0 Å². The molecule has 1 aliphatic heterocycles. The number of hydrogen-bond donors (Lipinski definition) is 2. The van der Waals surface area contributed by atoms with Gasteiger partial charge in [0.25, 0.3) is 0 Å². The Kier molecular flexibility index (Phi) is 5.79. The molecule has 1 aliphatic rings. The molecule has 0 aromatic carbocycles. The monoisotopic (exact) mass is 292 g/mol. The first-order valence-corrected chi connectivity index (χ1v) is 8.12. The molecule has 118 valence electrons. The number of aromatic nitrogens is 2. The van der Waals surface area contributed by atoms with E-state index in [0.717, 1.165) is 63.5 Å². The van der Waals surface area contributed by atoms with Gasteiger partial charge in [0.2, 0.25) is 0 Å². The summed E-state index contributed by atoms with van der Waals surface area (Å²) in [5.41, 5.74) is 1.16. The molecule has 2 rings (SSSR count). The molecule has 1 atom stereocenters. The summed E-state index contributed by atoms with van der Waals surface area (Å²) in [6, 6.07) is 0. The molecule has 1 aromatic heterocycles. The number of ether oxygens (including phenoxy) is 1. The molecule has 1 aromatic rings. The number of hydrogen-bond acceptors (Lipinski definition) is 5. The van der Waals surface area contributed by atoms with Gasteiger partial charge in [-0.25, -0.2) is 9.97 Å². The third-order valence-electron chi connectivity index (χ3n) is 3.85. The van der Waals surface area contributed by atoms with Crippen molar-refractivity contribution < 1.29 is 4.74 Å². The number of nitrogens with one attached hydrogen (secondary N) is 2. The fraction of sp³-hybridized carbons (Fsp3) is 0.750. The molecule has 1 unspecified atom stereocenters. The first-order chi connectivity index (χ1) is 10.2. The maximum atomic E-state index is 5.63. The first kappa shape index (κ1) is 16.0. The SMILES string of the molecule is CCCNc1ncnc(NC2(C)CCCOC2)c1CCC. The molecule has 1 saturated heterocycles. The Morgan fingerprint density at radius 3 is 2.71 bits per heavy atom. The van der Waals surface area contributed by atoms with E-state index in [-0.39, 0.29) is 5.54 Å². The fourth-order valence-electron chi connectivity index (χ4n) is 2.72. The molecule has 0 aliphatic carbocycles. The molecule has 2 heterocycles. The van der Waals surface area contributed by atoms with Gasteiger partial charge in [-0.3, -0.25) is 0 Å². The Morgan fingerprint density at radius 1 is 1.24 bits per heavy atom. The molecule has 21 heavy (non-hydrogen) atoms. The van der Waals surface area contributed by atoms with Crippen LogP contribution in [-0.4, -0.2) is 35.3 Å². The number of anilines is 2. The second-order valence-corrected chi connectivity index (χ2v) is 6.07. The van der Waals surface area contributed by atoms with Crippen LogP contribution in [0.4, 0.5) is 11.6 Å². The van der Waals surface area contributed by atoms with Crippen molar-refractivity contribution in [2.75, 3.05) is 30.4 Å². The quantitative estimate of drug-likeness (QED) is 0.808. The highest BCUT2D eigenvalue weighted by Crippen LogP contribution is 2.28. The maximum absolute atomic E-state index is 5.63. The lowest BCUT2D eigenvalue weighted by molar-refractivity contribution is 0.0538. The van der Waals surface area contributed by atoms with Crippen LogP contribution in [0.25, 0.3) is 0 Å². The molecule has 1 fully saturated rings. The van der Waals surface area contributed by atoms with Gasteiger partial charge in [-0.2, -0.15) is 0 Å². The smallest absolute Gasteiger partial charge is 0.135 e. The summed E-state index contributed by atoms with van der Waals surface area (Å²) in [6.07, 6.45) is 7.00. The second-order valence-electron chi connectivity index (χ2n) is 6.07. The minimum atomic E-state index is -0.0306. The Labute approximate surface area is 127 Å². The molecular formula is C16H28N4O. The topological polar surface area (TPSA) is 59.1 Å². The predicted molar refractivity (Wildman–Crippen MR) is 86.9 cm³/mol. The highest BCUT2D eigenvalue weighted by molar-refractivity contribution is 5.58. The zero-order chi connectivity index (χ0) is 15.1. The second kappa shape index (κ2) is 7.59. The van der Waals surface area contributed by atoms with E-state index in [0.29, 0.717) is 0 Å². The van der Waals surface area contributed by atoms with Gasteiger partial charge in [0, 0.05) is 18.7 Å². The van der Waals surface area contributed by atoms with Crippen molar-refractivity contribution in [3.8, 4) is 0 Å². The van der Waals surface area contributed by atoms with Gasteiger partial charge in [0.05, 0.1) is 12.1 Å². The Morgan fingerprint density at radius 2 is 2.05 bits per heavy atom. The van der Waals surface area contributed by atoms with E-state index in [9.17, 15) is 0 Å². The minimum Gasteiger partial charge on any atom is -0.379 e. The van der Waals surface area contributed by atoms with Gasteiger partial charge in [0.15, 0.2) is 0 Å². The van der Waals surface area contributed by atoms with Crippen LogP contribution in [0.2, 0.25) is 0 Å². The Bertz CT molecular complexity index is 444. The Balaban J connectivity index is 2.20. The lowest BCUT2D eigenvalue weighted by Gasteiger charge is -2.35. The van der Waals surface area contributed by atoms with Crippen molar-refractivity contribution in [1.82, 2.24) is 9.97 Å². The predicted octanol–water partition coefficient (Wildman–Crippen LogP) is 3.23. The van der Waals surface area contributed by atoms with Crippen molar-refractivity contribution >= 4 is 11.6 Å². The summed E-state index contributed by atoms with van der Waals surface area (Å²) < 4.78 is 5.63. The zero-order valence-corrected chi connectivity index (χ0v) is 13.5. The van der Waals surface area contributed by atoms with Crippen molar-refractivity contribution in [3.05, 3.63) is 11.9 Å². The molecule has 0 bridgehead atoms. The van der Waals surface area contributed by atoms with Crippen molar-refractivity contribution in [2.45, 2.75) is 58.4 Å². The zero-order valence-electron chi connectivity index (χ0n) is 13.5. The molecule has 0 spiro atoms. The van der Waals surface area contributed by atoms with Gasteiger partial charge >= 0.3 is 0 Å². The molecule has 2 N–H and O–H groups in total. The largest absolute Gasteiger partial charge is 0.379 e. The summed E-state index contributed by atoms with van der Waals surface area (Å²) in [5.74, 6) is 1.93. The van der Waals surface area contributed by atoms with E-state index in [1.165, 1.54) is 5.56 Å². The van der Waals surface area contributed by atoms with Crippen LogP contribution >= 0.6 is 0 Å². The maximum Gasteiger partial charge on any atom is 0.135 e. The van der Waals surface area contributed by atoms with Gasteiger partial charge in [-0.15, -0.1) is 0 Å². The average Bonchev–Trinajstić information content (AvgIpc) is 2.48. The van der Waals surface area contributed by atoms with Gasteiger partial charge < -0.3 is 15.4 Å². The van der Waals surface area contributed by atoms with Crippen molar-refractivity contribution in [1.29, 1.82) is 0 Å². The minimum absolute atomic E-state index is 0.0306. The van der Waals surface area contributed by atoms with Crippen LogP contribution in [0, 0.1) is 0 Å². The molecule has 0 radical (unpaired) electrons. The van der Waals surface area contributed by atoms with Crippen LogP contribution in [0.3, 0.4) is 0 Å². The van der Waals surface area contributed by atoms with Crippen LogP contribution in [0.1, 0.15) is 52.0 Å². The standard InChI is InChI=1S/C16H28N4O/c1-4-7-13-14(17-9-5-2)18-12-19-15(13)20-16(3)8-6-10-21-11-16/h12H,4-11H2,1-3H3,(H2,17,18,19,20). The Hall–Kier alpha value is -1.36. The van der Waals surface area contributed by atoms with Crippen LogP contribution in [-0.2, 0) is 11.2 Å². The molecular weight excluding hydrogens is 264 g/mol. The molecule has 5 heteroatoms. The van der Waals surface area contributed by atoms with Gasteiger partial charge in [0.1, 0.15) is 18.0 Å². The summed E-state index contributed by atoms with van der Waals surface area (Å²) in [6.45, 7) is 9.10. The van der Waals surface area contributed by atoms with Crippen molar-refractivity contribution in [2.24, 2.45) is 0 Å². The van der Waals surface area contributed by atoms with E-state index in [2.05, 4.69) is 41.4 Å².